The quantitative estimate of drug-likeness (QED) is 0.675. The molecule has 0 saturated carbocycles. The molecule has 6 nitrogen and oxygen atoms in total. The van der Waals surface area contributed by atoms with Gasteiger partial charge in [0.25, 0.3) is 0 Å². The number of rotatable bonds is 1. The number of nitrogens with two attached hydrogens (primary N) is 1. The fraction of sp³-hybridized carbons (Fsp3) is 0.182. The van der Waals surface area contributed by atoms with Gasteiger partial charge in [-0.1, -0.05) is 0 Å². The average molecular weight is 228 g/mol. The van der Waals surface area contributed by atoms with E-state index in [0.717, 1.165) is 16.8 Å². The highest BCUT2D eigenvalue weighted by Gasteiger charge is 2.12. The standard InChI is InChI=1S/C11H12N6/c1-7-10-9(12)3-4-13-11(10)15-17(7)8-5-14-16(2)6-8/h3-6H,12H2,1-2H3. The van der Waals surface area contributed by atoms with Gasteiger partial charge < -0.3 is 5.73 Å². The number of pyridine rings is 1. The largest absolute Gasteiger partial charge is 0.398 e. The fourth-order valence-corrected chi connectivity index (χ4v) is 1.96. The monoisotopic (exact) mass is 228 g/mol. The van der Waals surface area contributed by atoms with Crippen molar-refractivity contribution in [3.63, 3.8) is 0 Å². The average Bonchev–Trinajstić information content (AvgIpc) is 2.84. The zero-order valence-corrected chi connectivity index (χ0v) is 9.62. The molecule has 0 aliphatic rings. The van der Waals surface area contributed by atoms with Gasteiger partial charge in [-0.25, -0.2) is 9.67 Å². The number of anilines is 1. The van der Waals surface area contributed by atoms with Crippen molar-refractivity contribution < 1.29 is 0 Å². The summed E-state index contributed by atoms with van der Waals surface area (Å²) in [6, 6.07) is 1.78. The molecule has 0 fully saturated rings. The maximum atomic E-state index is 5.94. The Morgan fingerprint density at radius 1 is 1.35 bits per heavy atom. The summed E-state index contributed by atoms with van der Waals surface area (Å²) in [5.74, 6) is 0. The van der Waals surface area contributed by atoms with Crippen LogP contribution < -0.4 is 5.73 Å². The lowest BCUT2D eigenvalue weighted by molar-refractivity contribution is 0.765. The van der Waals surface area contributed by atoms with E-state index < -0.39 is 0 Å². The zero-order chi connectivity index (χ0) is 12.0. The normalized spacial score (nSPS) is 11.2. The molecule has 3 heterocycles. The van der Waals surface area contributed by atoms with Crippen LogP contribution in [0.1, 0.15) is 5.69 Å². The van der Waals surface area contributed by atoms with Crippen molar-refractivity contribution in [2.75, 3.05) is 5.73 Å². The highest BCUT2D eigenvalue weighted by Crippen LogP contribution is 2.24. The summed E-state index contributed by atoms with van der Waals surface area (Å²) in [7, 11) is 1.87. The van der Waals surface area contributed by atoms with E-state index in [1.165, 1.54) is 0 Å². The zero-order valence-electron chi connectivity index (χ0n) is 9.62. The molecule has 0 radical (unpaired) electrons. The Labute approximate surface area is 97.7 Å². The highest BCUT2D eigenvalue weighted by atomic mass is 15.3. The van der Waals surface area contributed by atoms with Crippen molar-refractivity contribution in [2.24, 2.45) is 7.05 Å². The summed E-state index contributed by atoms with van der Waals surface area (Å²) in [4.78, 5) is 4.22. The lowest BCUT2D eigenvalue weighted by atomic mass is 10.2. The summed E-state index contributed by atoms with van der Waals surface area (Å²) in [6.07, 6.45) is 5.32. The van der Waals surface area contributed by atoms with E-state index in [-0.39, 0.29) is 0 Å². The Morgan fingerprint density at radius 3 is 2.82 bits per heavy atom. The highest BCUT2D eigenvalue weighted by molar-refractivity contribution is 5.90. The lowest BCUT2D eigenvalue weighted by Crippen LogP contribution is -1.97. The van der Waals surface area contributed by atoms with Crippen LogP contribution in [0.25, 0.3) is 16.7 Å². The van der Waals surface area contributed by atoms with Crippen LogP contribution in [0.4, 0.5) is 5.69 Å². The van der Waals surface area contributed by atoms with Crippen LogP contribution in [0.5, 0.6) is 0 Å². The topological polar surface area (TPSA) is 74.6 Å². The van der Waals surface area contributed by atoms with Crippen molar-refractivity contribution in [3.8, 4) is 5.69 Å². The van der Waals surface area contributed by atoms with Crippen molar-refractivity contribution in [1.82, 2.24) is 24.5 Å². The van der Waals surface area contributed by atoms with Crippen molar-refractivity contribution in [2.45, 2.75) is 6.92 Å². The second kappa shape index (κ2) is 3.31. The van der Waals surface area contributed by atoms with E-state index in [9.17, 15) is 0 Å². The third-order valence-electron chi connectivity index (χ3n) is 2.77. The predicted octanol–water partition coefficient (Wildman–Crippen LogP) is 1.04. The van der Waals surface area contributed by atoms with Gasteiger partial charge in [0, 0.05) is 18.9 Å². The molecule has 0 atom stereocenters. The SMILES string of the molecule is Cc1c2c(N)ccnc2nn1-c1cnn(C)c1. The van der Waals surface area contributed by atoms with Gasteiger partial charge in [-0.05, 0) is 13.0 Å². The molecule has 0 aliphatic heterocycles. The number of aryl methyl sites for hydroxylation is 2. The van der Waals surface area contributed by atoms with Crippen LogP contribution in [-0.4, -0.2) is 24.5 Å². The number of fused-ring (bicyclic) bond motifs is 1. The lowest BCUT2D eigenvalue weighted by Gasteiger charge is -1.99. The molecular formula is C11H12N6. The number of aromatic nitrogens is 5. The number of hydrogen-bond acceptors (Lipinski definition) is 4. The summed E-state index contributed by atoms with van der Waals surface area (Å²) < 4.78 is 3.54. The van der Waals surface area contributed by atoms with E-state index in [0.29, 0.717) is 11.3 Å². The maximum absolute atomic E-state index is 5.94. The van der Waals surface area contributed by atoms with Gasteiger partial charge in [-0.3, -0.25) is 4.68 Å². The summed E-state index contributed by atoms with van der Waals surface area (Å²) in [6.45, 7) is 1.97. The van der Waals surface area contributed by atoms with E-state index >= 15 is 0 Å². The second-order valence-corrected chi connectivity index (χ2v) is 3.97. The number of nitrogen functional groups attached to an aromatic ring is 1. The van der Waals surface area contributed by atoms with Crippen molar-refractivity contribution in [3.05, 3.63) is 30.4 Å². The predicted molar refractivity (Wildman–Crippen MR) is 64.8 cm³/mol. The molecule has 0 aliphatic carbocycles. The van der Waals surface area contributed by atoms with E-state index in [1.54, 1.807) is 27.8 Å². The van der Waals surface area contributed by atoms with E-state index in [1.807, 2.05) is 20.2 Å². The van der Waals surface area contributed by atoms with Crippen LogP contribution in [0.2, 0.25) is 0 Å². The third-order valence-corrected chi connectivity index (χ3v) is 2.77. The van der Waals surface area contributed by atoms with E-state index in [2.05, 4.69) is 15.2 Å². The van der Waals surface area contributed by atoms with Gasteiger partial charge in [-0.2, -0.15) is 5.10 Å². The molecule has 0 bridgehead atoms. The molecule has 2 N–H and O–H groups in total. The minimum Gasteiger partial charge on any atom is -0.398 e. The Bertz CT molecular complexity index is 693. The number of nitrogens with zero attached hydrogens (tertiary/aromatic N) is 5. The Morgan fingerprint density at radius 2 is 2.18 bits per heavy atom. The van der Waals surface area contributed by atoms with Crippen LogP contribution in [0, 0.1) is 6.92 Å². The first-order chi connectivity index (χ1) is 8.16. The molecule has 86 valence electrons. The fourth-order valence-electron chi connectivity index (χ4n) is 1.96. The van der Waals surface area contributed by atoms with E-state index in [4.69, 9.17) is 5.73 Å². The summed E-state index contributed by atoms with van der Waals surface area (Å²) >= 11 is 0. The molecule has 0 spiro atoms. The Kier molecular flexibility index (Phi) is 1.91. The smallest absolute Gasteiger partial charge is 0.183 e. The minimum absolute atomic E-state index is 0.659. The minimum atomic E-state index is 0.659. The molecule has 3 aromatic heterocycles. The molecule has 3 rings (SSSR count). The molecule has 0 saturated heterocycles. The van der Waals surface area contributed by atoms with Gasteiger partial charge in [-0.15, -0.1) is 5.10 Å². The Balaban J connectivity index is 2.32. The van der Waals surface area contributed by atoms with Crippen LogP contribution in [0.15, 0.2) is 24.7 Å². The molecule has 0 unspecified atom stereocenters. The third kappa shape index (κ3) is 1.37. The summed E-state index contributed by atoms with van der Waals surface area (Å²) in [5, 5.41) is 9.46. The first-order valence-corrected chi connectivity index (χ1v) is 5.25. The van der Waals surface area contributed by atoms with Crippen molar-refractivity contribution >= 4 is 16.7 Å². The van der Waals surface area contributed by atoms with Gasteiger partial charge in [0.2, 0.25) is 0 Å². The molecule has 0 aromatic carbocycles. The van der Waals surface area contributed by atoms with Crippen LogP contribution in [-0.2, 0) is 7.05 Å². The molecular weight excluding hydrogens is 216 g/mol. The van der Waals surface area contributed by atoms with Crippen LogP contribution >= 0.6 is 0 Å². The Hall–Kier alpha value is -2.37. The molecule has 0 amide bonds. The van der Waals surface area contributed by atoms with Gasteiger partial charge in [0.05, 0.1) is 23.5 Å². The van der Waals surface area contributed by atoms with Gasteiger partial charge in [0.1, 0.15) is 5.69 Å². The summed E-state index contributed by atoms with van der Waals surface area (Å²) in [5.41, 5.74) is 9.17. The maximum Gasteiger partial charge on any atom is 0.183 e. The second-order valence-electron chi connectivity index (χ2n) is 3.97. The molecule has 3 aromatic rings. The molecule has 17 heavy (non-hydrogen) atoms. The van der Waals surface area contributed by atoms with Crippen molar-refractivity contribution in [1.29, 1.82) is 0 Å². The first kappa shape index (κ1) is 9.83. The first-order valence-electron chi connectivity index (χ1n) is 5.25. The van der Waals surface area contributed by atoms with Gasteiger partial charge >= 0.3 is 0 Å². The number of hydrogen-bond donors (Lipinski definition) is 1. The van der Waals surface area contributed by atoms with Crippen LogP contribution in [0.3, 0.4) is 0 Å². The van der Waals surface area contributed by atoms with Gasteiger partial charge in [0.15, 0.2) is 5.65 Å². The molecule has 6 heteroatoms.